The highest BCUT2D eigenvalue weighted by atomic mass is 32.2. The van der Waals surface area contributed by atoms with Crippen LogP contribution in [0.25, 0.3) is 11.4 Å². The van der Waals surface area contributed by atoms with Crippen molar-refractivity contribution in [3.63, 3.8) is 0 Å². The molecule has 4 rings (SSSR count). The second-order valence-corrected chi connectivity index (χ2v) is 9.62. The third-order valence-electron chi connectivity index (χ3n) is 5.40. The molecule has 1 amide bonds. The molecule has 0 saturated heterocycles. The van der Waals surface area contributed by atoms with Crippen molar-refractivity contribution in [2.45, 2.75) is 37.8 Å². The molecule has 0 aliphatic heterocycles. The number of hydrogen-bond donors (Lipinski definition) is 1. The summed E-state index contributed by atoms with van der Waals surface area (Å²) in [5.41, 5.74) is 2.43. The number of nitrogens with zero attached hydrogens (tertiary/aromatic N) is 3. The summed E-state index contributed by atoms with van der Waals surface area (Å²) < 4.78 is 12.4. The van der Waals surface area contributed by atoms with Gasteiger partial charge in [0, 0.05) is 17.5 Å². The van der Waals surface area contributed by atoms with Gasteiger partial charge < -0.3 is 19.4 Å². The number of thiophene rings is 1. The van der Waals surface area contributed by atoms with E-state index in [2.05, 4.69) is 15.5 Å². The Morgan fingerprint density at radius 3 is 2.85 bits per heavy atom. The molecule has 0 fully saturated rings. The van der Waals surface area contributed by atoms with Gasteiger partial charge in [-0.05, 0) is 50.3 Å². The highest BCUT2D eigenvalue weighted by Gasteiger charge is 2.27. The van der Waals surface area contributed by atoms with Crippen LogP contribution < -0.4 is 10.1 Å². The summed E-state index contributed by atoms with van der Waals surface area (Å²) in [6, 6.07) is 7.58. The zero-order valence-corrected chi connectivity index (χ0v) is 20.5. The van der Waals surface area contributed by atoms with Crippen LogP contribution in [0.4, 0.5) is 5.00 Å². The molecule has 1 aromatic carbocycles. The fraction of sp³-hybridized carbons (Fsp3) is 0.391. The number of nitrogens with one attached hydrogen (secondary N) is 1. The number of anilines is 1. The van der Waals surface area contributed by atoms with E-state index in [9.17, 15) is 9.59 Å². The summed E-state index contributed by atoms with van der Waals surface area (Å²) in [6.45, 7) is 2.08. The maximum absolute atomic E-state index is 12.8. The van der Waals surface area contributed by atoms with E-state index in [1.807, 2.05) is 35.9 Å². The van der Waals surface area contributed by atoms with Crippen molar-refractivity contribution in [2.24, 2.45) is 7.05 Å². The van der Waals surface area contributed by atoms with Crippen LogP contribution in [-0.2, 0) is 29.4 Å². The molecule has 174 valence electrons. The van der Waals surface area contributed by atoms with E-state index in [-0.39, 0.29) is 17.6 Å². The van der Waals surface area contributed by atoms with Gasteiger partial charge >= 0.3 is 5.97 Å². The van der Waals surface area contributed by atoms with Gasteiger partial charge in [0.2, 0.25) is 5.91 Å². The zero-order valence-electron chi connectivity index (χ0n) is 18.8. The SMILES string of the molecule is CCOC(=O)c1c(NC(=O)CSc2nnc(-c3cccc(OC)c3)n2C)sc2c1CCCC2. The number of amides is 1. The first-order chi connectivity index (χ1) is 16.0. The van der Waals surface area contributed by atoms with Crippen molar-refractivity contribution >= 4 is 40.0 Å². The van der Waals surface area contributed by atoms with E-state index in [0.29, 0.717) is 28.2 Å². The Bertz CT molecular complexity index is 1170. The first kappa shape index (κ1) is 23.3. The van der Waals surface area contributed by atoms with Gasteiger partial charge in [-0.1, -0.05) is 23.9 Å². The first-order valence-corrected chi connectivity index (χ1v) is 12.6. The lowest BCUT2D eigenvalue weighted by molar-refractivity contribution is -0.113. The quantitative estimate of drug-likeness (QED) is 0.374. The second-order valence-electron chi connectivity index (χ2n) is 7.57. The smallest absolute Gasteiger partial charge is 0.341 e. The number of aromatic nitrogens is 3. The first-order valence-electron chi connectivity index (χ1n) is 10.8. The van der Waals surface area contributed by atoms with E-state index in [4.69, 9.17) is 9.47 Å². The fourth-order valence-electron chi connectivity index (χ4n) is 3.82. The van der Waals surface area contributed by atoms with Crippen molar-refractivity contribution in [1.29, 1.82) is 0 Å². The Hall–Kier alpha value is -2.85. The van der Waals surface area contributed by atoms with Gasteiger partial charge in [-0.25, -0.2) is 4.79 Å². The molecule has 1 N–H and O–H groups in total. The zero-order chi connectivity index (χ0) is 23.4. The van der Waals surface area contributed by atoms with Crippen molar-refractivity contribution in [3.8, 4) is 17.1 Å². The Morgan fingerprint density at radius 1 is 1.24 bits per heavy atom. The molecule has 3 aromatic rings. The topological polar surface area (TPSA) is 95.3 Å². The number of hydrogen-bond acceptors (Lipinski definition) is 8. The molecule has 0 atom stereocenters. The van der Waals surface area contributed by atoms with Gasteiger partial charge in [-0.3, -0.25) is 4.79 Å². The molecule has 2 heterocycles. The van der Waals surface area contributed by atoms with Crippen LogP contribution in [0.15, 0.2) is 29.4 Å². The average molecular weight is 487 g/mol. The van der Waals surface area contributed by atoms with Crippen molar-refractivity contribution in [3.05, 3.63) is 40.3 Å². The lowest BCUT2D eigenvalue weighted by atomic mass is 9.95. The highest BCUT2D eigenvalue weighted by Crippen LogP contribution is 2.38. The number of carbonyl (C=O) groups excluding carboxylic acids is 2. The van der Waals surface area contributed by atoms with E-state index in [1.54, 1.807) is 14.0 Å². The molecular weight excluding hydrogens is 460 g/mol. The van der Waals surface area contributed by atoms with Crippen LogP contribution >= 0.6 is 23.1 Å². The highest BCUT2D eigenvalue weighted by molar-refractivity contribution is 7.99. The van der Waals surface area contributed by atoms with Gasteiger partial charge in [0.05, 0.1) is 25.0 Å². The molecule has 10 heteroatoms. The number of rotatable bonds is 8. The minimum Gasteiger partial charge on any atom is -0.497 e. The monoisotopic (exact) mass is 486 g/mol. The van der Waals surface area contributed by atoms with Crippen LogP contribution in [0.5, 0.6) is 5.75 Å². The van der Waals surface area contributed by atoms with E-state index >= 15 is 0 Å². The number of aryl methyl sites for hydroxylation is 1. The van der Waals surface area contributed by atoms with E-state index in [0.717, 1.165) is 42.6 Å². The summed E-state index contributed by atoms with van der Waals surface area (Å²) in [4.78, 5) is 26.5. The lowest BCUT2D eigenvalue weighted by Crippen LogP contribution is -2.17. The number of esters is 1. The van der Waals surface area contributed by atoms with Gasteiger partial charge in [-0.15, -0.1) is 21.5 Å². The summed E-state index contributed by atoms with van der Waals surface area (Å²) in [5, 5.41) is 12.6. The predicted molar refractivity (Wildman–Crippen MR) is 129 cm³/mol. The Labute approximate surface area is 200 Å². The molecular formula is C23H26N4O4S2. The summed E-state index contributed by atoms with van der Waals surface area (Å²) in [5.74, 6) is 1.01. The van der Waals surface area contributed by atoms with Gasteiger partial charge in [0.15, 0.2) is 11.0 Å². The molecule has 1 aliphatic rings. The van der Waals surface area contributed by atoms with Crippen molar-refractivity contribution in [1.82, 2.24) is 14.8 Å². The van der Waals surface area contributed by atoms with Gasteiger partial charge in [0.25, 0.3) is 0 Å². The van der Waals surface area contributed by atoms with Crippen LogP contribution in [0.3, 0.4) is 0 Å². The number of carbonyl (C=O) groups is 2. The summed E-state index contributed by atoms with van der Waals surface area (Å²) in [7, 11) is 3.48. The minimum atomic E-state index is -0.365. The number of benzene rings is 1. The molecule has 0 radical (unpaired) electrons. The van der Waals surface area contributed by atoms with Gasteiger partial charge in [0.1, 0.15) is 10.8 Å². The lowest BCUT2D eigenvalue weighted by Gasteiger charge is -2.12. The molecule has 0 bridgehead atoms. The van der Waals surface area contributed by atoms with Crippen LogP contribution in [-0.4, -0.2) is 46.1 Å². The standard InChI is InChI=1S/C23H26N4O4S2/c1-4-31-22(29)19-16-10-5-6-11-17(16)33-21(19)24-18(28)13-32-23-26-25-20(27(23)2)14-8-7-9-15(12-14)30-3/h7-9,12H,4-6,10-11,13H2,1-3H3,(H,24,28). The normalized spacial score (nSPS) is 12.8. The number of fused-ring (bicyclic) bond motifs is 1. The molecule has 0 unspecified atom stereocenters. The Morgan fingerprint density at radius 2 is 2.06 bits per heavy atom. The van der Waals surface area contributed by atoms with Crippen molar-refractivity contribution < 1.29 is 19.1 Å². The van der Waals surface area contributed by atoms with Gasteiger partial charge in [-0.2, -0.15) is 0 Å². The molecule has 8 nitrogen and oxygen atoms in total. The van der Waals surface area contributed by atoms with Crippen LogP contribution in [0.1, 0.15) is 40.6 Å². The molecule has 0 saturated carbocycles. The molecule has 1 aliphatic carbocycles. The third kappa shape index (κ3) is 5.06. The Kier molecular flexibility index (Phi) is 7.34. The molecule has 2 aromatic heterocycles. The molecule has 33 heavy (non-hydrogen) atoms. The third-order valence-corrected chi connectivity index (χ3v) is 7.63. The molecule has 0 spiro atoms. The summed E-state index contributed by atoms with van der Waals surface area (Å²) >= 11 is 2.78. The van der Waals surface area contributed by atoms with Crippen molar-refractivity contribution in [2.75, 3.05) is 24.8 Å². The number of methoxy groups -OCH3 is 1. The van der Waals surface area contributed by atoms with E-state index in [1.165, 1.54) is 28.0 Å². The maximum atomic E-state index is 12.8. The second kappa shape index (κ2) is 10.4. The fourth-order valence-corrected chi connectivity index (χ4v) is 5.82. The predicted octanol–water partition coefficient (Wildman–Crippen LogP) is 4.34. The maximum Gasteiger partial charge on any atom is 0.341 e. The average Bonchev–Trinajstić information content (AvgIpc) is 3.37. The number of thioether (sulfide) groups is 1. The van der Waals surface area contributed by atoms with E-state index < -0.39 is 0 Å². The Balaban J connectivity index is 1.46. The van der Waals surface area contributed by atoms with Crippen LogP contribution in [0, 0.1) is 0 Å². The van der Waals surface area contributed by atoms with Crippen LogP contribution in [0.2, 0.25) is 0 Å². The largest absolute Gasteiger partial charge is 0.497 e. The minimum absolute atomic E-state index is 0.148. The number of ether oxygens (including phenoxy) is 2. The summed E-state index contributed by atoms with van der Waals surface area (Å²) in [6.07, 6.45) is 3.92.